The van der Waals surface area contributed by atoms with E-state index in [1.165, 1.54) is 0 Å². The summed E-state index contributed by atoms with van der Waals surface area (Å²) < 4.78 is 6.56. The molecule has 0 aromatic carbocycles. The average molecular weight is 154 g/mol. The van der Waals surface area contributed by atoms with Gasteiger partial charge in [0.15, 0.2) is 0 Å². The van der Waals surface area contributed by atoms with Gasteiger partial charge in [0.2, 0.25) is 0 Å². The minimum absolute atomic E-state index is 0. The zero-order chi connectivity index (χ0) is 2.00. The normalized spacial score (nSPS) is 1.75. The zero-order valence-corrected chi connectivity index (χ0v) is 3.65. The first-order valence-electron chi connectivity index (χ1n) is 0.135. The van der Waals surface area contributed by atoms with Crippen molar-refractivity contribution in [3.8, 4) is 0 Å². The second-order valence-corrected chi connectivity index (χ2v) is 0. The van der Waals surface area contributed by atoms with Gasteiger partial charge in [0.1, 0.15) is 0 Å². The van der Waals surface area contributed by atoms with E-state index in [1.54, 1.807) is 0 Å². The molecular weight excluding hydrogens is 151 g/mol. The Morgan fingerprint density at radius 2 is 1.25 bits per heavy atom. The second kappa shape index (κ2) is 37.7. The molecule has 0 unspecified atom stereocenters. The molecule has 4 heavy (non-hydrogen) atoms. The van der Waals surface area contributed by atoms with E-state index in [4.69, 9.17) is 4.19 Å². The number of rotatable bonds is 0. The predicted molar refractivity (Wildman–Crippen MR) is 5.83 cm³/mol. The zero-order valence-electron chi connectivity index (χ0n) is 1.60. The van der Waals surface area contributed by atoms with E-state index in [0.29, 0.717) is 0 Å². The summed E-state index contributed by atoms with van der Waals surface area (Å²) in [6.45, 7) is 0. The second-order valence-electron chi connectivity index (χ2n) is 0. The van der Waals surface area contributed by atoms with Gasteiger partial charge in [-0.2, -0.15) is 0 Å². The van der Waals surface area contributed by atoms with Crippen molar-refractivity contribution in [2.45, 2.75) is 0 Å². The van der Waals surface area contributed by atoms with Crippen LogP contribution in [0, 0.1) is 0 Å². The molecule has 0 radical (unpaired) electrons. The quantitative estimate of drug-likeness (QED) is 0.429. The van der Waals surface area contributed by atoms with Gasteiger partial charge in [0, 0.05) is 17.1 Å². The van der Waals surface area contributed by atoms with E-state index in [0.717, 1.165) is 0 Å². The fourth-order valence-electron chi connectivity index (χ4n) is 0. The first-order chi connectivity index (χ1) is 1.00. The fraction of sp³-hybridized carbons (Fsp3) is 0. The molecule has 0 amide bonds. The van der Waals surface area contributed by atoms with Crippen LogP contribution in [0.15, 0.2) is 0 Å². The summed E-state index contributed by atoms with van der Waals surface area (Å²) in [7, 11) is 0. The fourth-order valence-corrected chi connectivity index (χ4v) is 0. The SMILES string of the molecule is O.[Fe].[OH][Cu]. The van der Waals surface area contributed by atoms with Crippen molar-refractivity contribution in [3.63, 3.8) is 0 Å². The van der Waals surface area contributed by atoms with Crippen LogP contribution in [0.1, 0.15) is 0 Å². The van der Waals surface area contributed by atoms with Crippen molar-refractivity contribution in [1.29, 1.82) is 0 Å². The summed E-state index contributed by atoms with van der Waals surface area (Å²) in [5.74, 6) is 0. The Balaban J connectivity index is -0.00000000500. The molecule has 0 aromatic heterocycles. The van der Waals surface area contributed by atoms with Gasteiger partial charge in [-0.25, -0.2) is 0 Å². The van der Waals surface area contributed by atoms with Crippen LogP contribution in [0.5, 0.6) is 0 Å². The summed E-state index contributed by atoms with van der Waals surface area (Å²) in [5.41, 5.74) is 0. The van der Waals surface area contributed by atoms with Crippen LogP contribution in [0.2, 0.25) is 0 Å². The van der Waals surface area contributed by atoms with Gasteiger partial charge in [-0.05, 0) is 0 Å². The number of hydrogen-bond donors (Lipinski definition) is 1. The Labute approximate surface area is 43.5 Å². The molecule has 0 fully saturated rings. The van der Waals surface area contributed by atoms with Gasteiger partial charge in [-0.3, -0.25) is 0 Å². The average Bonchev–Trinajstić information content (AvgIpc) is 1.00. The maximum atomic E-state index is 6.56. The molecule has 0 atom stereocenters. The van der Waals surface area contributed by atoms with Crippen molar-refractivity contribution >= 4 is 0 Å². The Kier molecular flexibility index (Phi) is 191. The van der Waals surface area contributed by atoms with Gasteiger partial charge in [0.25, 0.3) is 0 Å². The predicted octanol–water partition coefficient (Wildman–Crippen LogP) is -1.39. The third-order valence-electron chi connectivity index (χ3n) is 0. The van der Waals surface area contributed by atoms with Crippen molar-refractivity contribution < 1.29 is 43.1 Å². The molecule has 0 aliphatic rings. The Hall–Kier alpha value is 0.959. The monoisotopic (exact) mass is 154 g/mol. The van der Waals surface area contributed by atoms with Crippen molar-refractivity contribution in [1.82, 2.24) is 0 Å². The van der Waals surface area contributed by atoms with Crippen LogP contribution >= 0.6 is 0 Å². The Bertz CT molecular complexity index is 6.00. The van der Waals surface area contributed by atoms with Gasteiger partial charge < -0.3 is 5.48 Å². The topological polar surface area (TPSA) is 51.7 Å². The molecule has 4 heteroatoms. The van der Waals surface area contributed by atoms with Crippen LogP contribution in [0.4, 0.5) is 0 Å². The van der Waals surface area contributed by atoms with Crippen molar-refractivity contribution in [2.24, 2.45) is 0 Å². The molecule has 0 aromatic rings. The third-order valence-corrected chi connectivity index (χ3v) is 0. The molecule has 3 N–H and O–H groups in total. The summed E-state index contributed by atoms with van der Waals surface area (Å²) >= 11 is 3.19. The Morgan fingerprint density at radius 1 is 1.25 bits per heavy atom. The van der Waals surface area contributed by atoms with Crippen LogP contribution in [0.3, 0.4) is 0 Å². The van der Waals surface area contributed by atoms with Gasteiger partial charge in [0.05, 0.1) is 0 Å². The van der Waals surface area contributed by atoms with Crippen LogP contribution in [0.25, 0.3) is 0 Å². The summed E-state index contributed by atoms with van der Waals surface area (Å²) in [6.07, 6.45) is 0. The molecule has 0 rings (SSSR count). The van der Waals surface area contributed by atoms with Crippen LogP contribution < -0.4 is 0 Å². The standard InChI is InChI=1S/Cu.Fe.2H2O/h;;2*1H2/q+1;;;/p-1. The first kappa shape index (κ1) is 20.3. The van der Waals surface area contributed by atoms with E-state index in [1.807, 2.05) is 0 Å². The van der Waals surface area contributed by atoms with E-state index in [9.17, 15) is 0 Å². The molecule has 0 heterocycles. The van der Waals surface area contributed by atoms with Crippen molar-refractivity contribution in [3.05, 3.63) is 0 Å². The first-order valence-corrected chi connectivity index (χ1v) is 0.556. The molecule has 2 nitrogen and oxygen atoms in total. The van der Waals surface area contributed by atoms with Gasteiger partial charge >= 0.3 is 20.5 Å². The Morgan fingerprint density at radius 3 is 1.25 bits per heavy atom. The molecule has 0 saturated carbocycles. The molecule has 0 saturated heterocycles. The summed E-state index contributed by atoms with van der Waals surface area (Å²) in [5, 5.41) is 0. The minimum atomic E-state index is 0. The molecule has 0 spiro atoms. The molecule has 0 bridgehead atoms. The van der Waals surface area contributed by atoms with E-state index >= 15 is 0 Å². The van der Waals surface area contributed by atoms with Gasteiger partial charge in [-0.1, -0.05) is 0 Å². The summed E-state index contributed by atoms with van der Waals surface area (Å²) in [4.78, 5) is 0. The summed E-state index contributed by atoms with van der Waals surface area (Å²) in [6, 6.07) is 0. The van der Waals surface area contributed by atoms with E-state index < -0.39 is 0 Å². The van der Waals surface area contributed by atoms with Crippen molar-refractivity contribution in [2.75, 3.05) is 0 Å². The molecular formula is H3CuFeO2. The third kappa shape index (κ3) is 12.3. The van der Waals surface area contributed by atoms with Gasteiger partial charge in [-0.15, -0.1) is 0 Å². The molecule has 0 aliphatic heterocycles. The molecule has 34 valence electrons. The van der Waals surface area contributed by atoms with E-state index in [2.05, 4.69) is 16.3 Å². The number of hydrogen-bond acceptors (Lipinski definition) is 1. The molecule has 0 aliphatic carbocycles. The van der Waals surface area contributed by atoms with Crippen LogP contribution in [-0.4, -0.2) is 9.67 Å². The van der Waals surface area contributed by atoms with Crippen LogP contribution in [-0.2, 0) is 33.4 Å². The van der Waals surface area contributed by atoms with E-state index in [-0.39, 0.29) is 22.5 Å². The maximum absolute atomic E-state index is 6.56.